The summed E-state index contributed by atoms with van der Waals surface area (Å²) in [6.45, 7) is 2.51. The van der Waals surface area contributed by atoms with Crippen LogP contribution in [0.25, 0.3) is 0 Å². The Bertz CT molecular complexity index is 880. The van der Waals surface area contributed by atoms with E-state index in [1.807, 2.05) is 18.2 Å². The van der Waals surface area contributed by atoms with E-state index in [1.54, 1.807) is 13.3 Å². The van der Waals surface area contributed by atoms with Gasteiger partial charge in [0.25, 0.3) is 0 Å². The maximum atomic E-state index is 9.91. The standard InChI is InChI=1S/C20H23ClIN3O3S/c1-27-14-3-2-4-15(18(14)21)29-17-10-23-19(13(11-26)24-17)25-7-5-20(6-8-25)9-16(22)28-12-20/h2-4,10,16,26H,5-9,11-12H2,1H3/t16-/m1/s1. The van der Waals surface area contributed by atoms with Gasteiger partial charge in [-0.2, -0.15) is 0 Å². The Kier molecular flexibility index (Phi) is 6.75. The van der Waals surface area contributed by atoms with Crippen LogP contribution in [-0.2, 0) is 11.3 Å². The first-order chi connectivity index (χ1) is 14.0. The molecule has 0 radical (unpaired) electrons. The molecule has 156 valence electrons. The highest BCUT2D eigenvalue weighted by molar-refractivity contribution is 14.1. The molecule has 1 aromatic carbocycles. The molecule has 2 aliphatic rings. The highest BCUT2D eigenvalue weighted by atomic mass is 127. The molecular weight excluding hydrogens is 525 g/mol. The van der Waals surface area contributed by atoms with Crippen molar-refractivity contribution in [3.63, 3.8) is 0 Å². The quantitative estimate of drug-likeness (QED) is 0.435. The van der Waals surface area contributed by atoms with Gasteiger partial charge in [-0.1, -0.05) is 52.0 Å². The van der Waals surface area contributed by atoms with Gasteiger partial charge in [0.05, 0.1) is 31.5 Å². The molecule has 1 spiro atoms. The number of benzene rings is 1. The second kappa shape index (κ2) is 9.13. The topological polar surface area (TPSA) is 67.7 Å². The van der Waals surface area contributed by atoms with Gasteiger partial charge >= 0.3 is 0 Å². The van der Waals surface area contributed by atoms with Crippen molar-refractivity contribution < 1.29 is 14.6 Å². The van der Waals surface area contributed by atoms with Gasteiger partial charge in [-0.05, 0) is 31.4 Å². The zero-order valence-electron chi connectivity index (χ0n) is 16.1. The zero-order chi connectivity index (χ0) is 20.4. The Balaban J connectivity index is 1.49. The van der Waals surface area contributed by atoms with Crippen LogP contribution in [0.5, 0.6) is 5.75 Å². The number of aromatic nitrogens is 2. The van der Waals surface area contributed by atoms with Gasteiger partial charge < -0.3 is 19.5 Å². The van der Waals surface area contributed by atoms with E-state index in [0.717, 1.165) is 49.7 Å². The fraction of sp³-hybridized carbons (Fsp3) is 0.500. The molecule has 0 bridgehead atoms. The molecule has 29 heavy (non-hydrogen) atoms. The number of alkyl halides is 1. The minimum absolute atomic E-state index is 0.150. The third-order valence-corrected chi connectivity index (χ3v) is 7.87. The molecule has 2 aliphatic heterocycles. The Labute approximate surface area is 193 Å². The van der Waals surface area contributed by atoms with Crippen molar-refractivity contribution in [2.45, 2.75) is 39.9 Å². The number of hydrogen-bond acceptors (Lipinski definition) is 7. The van der Waals surface area contributed by atoms with Crippen LogP contribution in [-0.4, -0.2) is 46.0 Å². The van der Waals surface area contributed by atoms with Crippen molar-refractivity contribution in [2.24, 2.45) is 5.41 Å². The number of ether oxygens (including phenoxy) is 2. The highest BCUT2D eigenvalue weighted by Gasteiger charge is 2.42. The van der Waals surface area contributed by atoms with E-state index in [4.69, 9.17) is 21.1 Å². The summed E-state index contributed by atoms with van der Waals surface area (Å²) in [6.07, 6.45) is 5.03. The lowest BCUT2D eigenvalue weighted by Crippen LogP contribution is -2.41. The van der Waals surface area contributed by atoms with Crippen molar-refractivity contribution in [3.8, 4) is 5.75 Å². The van der Waals surface area contributed by atoms with E-state index in [1.165, 1.54) is 11.8 Å². The van der Waals surface area contributed by atoms with Gasteiger partial charge in [-0.3, -0.25) is 0 Å². The molecule has 1 atom stereocenters. The lowest BCUT2D eigenvalue weighted by molar-refractivity contribution is 0.128. The molecule has 2 aromatic rings. The zero-order valence-corrected chi connectivity index (χ0v) is 19.8. The minimum atomic E-state index is -0.150. The van der Waals surface area contributed by atoms with E-state index >= 15 is 0 Å². The molecule has 9 heteroatoms. The molecule has 0 amide bonds. The third-order valence-electron chi connectivity index (χ3n) is 5.60. The SMILES string of the molecule is COc1cccc(Sc2cnc(N3CCC4(CC3)CO[C@@H](I)C4)c(CO)n2)c1Cl. The van der Waals surface area contributed by atoms with Crippen LogP contribution in [0.15, 0.2) is 34.3 Å². The number of aliphatic hydroxyl groups excluding tert-OH is 1. The van der Waals surface area contributed by atoms with Crippen molar-refractivity contribution in [1.29, 1.82) is 0 Å². The van der Waals surface area contributed by atoms with E-state index in [-0.39, 0.29) is 6.61 Å². The van der Waals surface area contributed by atoms with E-state index in [2.05, 4.69) is 37.5 Å². The average Bonchev–Trinajstić information content (AvgIpc) is 3.10. The summed E-state index contributed by atoms with van der Waals surface area (Å²) in [6, 6.07) is 5.62. The monoisotopic (exact) mass is 547 g/mol. The van der Waals surface area contributed by atoms with Crippen LogP contribution >= 0.6 is 46.0 Å². The highest BCUT2D eigenvalue weighted by Crippen LogP contribution is 2.44. The van der Waals surface area contributed by atoms with Crippen molar-refractivity contribution >= 4 is 51.8 Å². The number of anilines is 1. The number of nitrogens with zero attached hydrogens (tertiary/aromatic N) is 3. The van der Waals surface area contributed by atoms with Gasteiger partial charge in [0, 0.05) is 23.4 Å². The van der Waals surface area contributed by atoms with Crippen molar-refractivity contribution in [3.05, 3.63) is 35.1 Å². The van der Waals surface area contributed by atoms with E-state index < -0.39 is 0 Å². The van der Waals surface area contributed by atoms with Gasteiger partial charge in [0.2, 0.25) is 0 Å². The van der Waals surface area contributed by atoms with E-state index in [0.29, 0.717) is 31.0 Å². The number of aliphatic hydroxyl groups is 1. The lowest BCUT2D eigenvalue weighted by atomic mass is 9.78. The van der Waals surface area contributed by atoms with Gasteiger partial charge in [0.1, 0.15) is 20.6 Å². The second-order valence-electron chi connectivity index (χ2n) is 7.42. The van der Waals surface area contributed by atoms with E-state index in [9.17, 15) is 5.11 Å². The largest absolute Gasteiger partial charge is 0.495 e. The van der Waals surface area contributed by atoms with Crippen LogP contribution in [0.4, 0.5) is 5.82 Å². The number of halogens is 2. The summed E-state index contributed by atoms with van der Waals surface area (Å²) >= 11 is 10.2. The first-order valence-corrected chi connectivity index (χ1v) is 12.0. The number of hydrogen-bond donors (Lipinski definition) is 1. The average molecular weight is 548 g/mol. The van der Waals surface area contributed by atoms with Crippen molar-refractivity contribution in [2.75, 3.05) is 31.7 Å². The summed E-state index contributed by atoms with van der Waals surface area (Å²) in [5.41, 5.74) is 0.896. The summed E-state index contributed by atoms with van der Waals surface area (Å²) in [7, 11) is 1.59. The normalized spacial score (nSPS) is 21.0. The van der Waals surface area contributed by atoms with Crippen LogP contribution < -0.4 is 9.64 Å². The molecule has 1 aromatic heterocycles. The Morgan fingerprint density at radius 2 is 2.21 bits per heavy atom. The molecule has 0 saturated carbocycles. The molecule has 0 aliphatic carbocycles. The lowest BCUT2D eigenvalue weighted by Gasteiger charge is -2.39. The van der Waals surface area contributed by atoms with Gasteiger partial charge in [-0.25, -0.2) is 9.97 Å². The van der Waals surface area contributed by atoms with Gasteiger partial charge in [-0.15, -0.1) is 0 Å². The number of rotatable bonds is 5. The predicted octanol–water partition coefficient (Wildman–Crippen LogP) is 4.55. The Morgan fingerprint density at radius 1 is 1.41 bits per heavy atom. The fourth-order valence-electron chi connectivity index (χ4n) is 3.93. The Morgan fingerprint density at radius 3 is 2.86 bits per heavy atom. The van der Waals surface area contributed by atoms with Crippen LogP contribution in [0.1, 0.15) is 25.0 Å². The summed E-state index contributed by atoms with van der Waals surface area (Å²) in [5.74, 6) is 1.39. The molecular formula is C20H23ClIN3O3S. The number of piperidine rings is 1. The molecule has 3 heterocycles. The maximum absolute atomic E-state index is 9.91. The fourth-order valence-corrected chi connectivity index (χ4v) is 6.19. The summed E-state index contributed by atoms with van der Waals surface area (Å²) < 4.78 is 11.4. The minimum Gasteiger partial charge on any atom is -0.495 e. The first kappa shape index (κ1) is 21.4. The van der Waals surface area contributed by atoms with Crippen LogP contribution in [0, 0.1) is 5.41 Å². The molecule has 2 fully saturated rings. The molecule has 2 saturated heterocycles. The predicted molar refractivity (Wildman–Crippen MR) is 122 cm³/mol. The van der Waals surface area contributed by atoms with Gasteiger partial charge in [0.15, 0.2) is 5.82 Å². The van der Waals surface area contributed by atoms with Crippen LogP contribution in [0.2, 0.25) is 5.02 Å². The molecule has 1 N–H and O–H groups in total. The Hall–Kier alpha value is -0.810. The molecule has 6 nitrogen and oxygen atoms in total. The molecule has 0 unspecified atom stereocenters. The summed E-state index contributed by atoms with van der Waals surface area (Å²) in [5, 5.41) is 11.1. The smallest absolute Gasteiger partial charge is 0.152 e. The maximum Gasteiger partial charge on any atom is 0.152 e. The second-order valence-corrected chi connectivity index (χ2v) is 10.3. The third kappa shape index (κ3) is 4.61. The number of methoxy groups -OCH3 is 1. The summed E-state index contributed by atoms with van der Waals surface area (Å²) in [4.78, 5) is 12.4. The first-order valence-electron chi connectivity index (χ1n) is 9.51. The van der Waals surface area contributed by atoms with Crippen molar-refractivity contribution in [1.82, 2.24) is 9.97 Å². The van der Waals surface area contributed by atoms with Crippen LogP contribution in [0.3, 0.4) is 0 Å². The molecule has 4 rings (SSSR count).